The van der Waals surface area contributed by atoms with Gasteiger partial charge in [-0.05, 0) is 32.1 Å². The third-order valence-corrected chi connectivity index (χ3v) is 2.47. The fourth-order valence-electron chi connectivity index (χ4n) is 1.62. The smallest absolute Gasteiger partial charge is 0.219 e. The normalized spacial score (nSPS) is 16.5. The fourth-order valence-corrected chi connectivity index (χ4v) is 1.62. The average Bonchev–Trinajstić information content (AvgIpc) is 2.19. The molecule has 0 atom stereocenters. The van der Waals surface area contributed by atoms with Gasteiger partial charge in [0, 0.05) is 13.0 Å². The van der Waals surface area contributed by atoms with Crippen LogP contribution in [0.1, 0.15) is 45.4 Å². The van der Waals surface area contributed by atoms with Crippen molar-refractivity contribution in [1.29, 1.82) is 0 Å². The molecular weight excluding hydrogens is 162 g/mol. The van der Waals surface area contributed by atoms with Gasteiger partial charge in [0.25, 0.3) is 0 Å². The summed E-state index contributed by atoms with van der Waals surface area (Å²) in [4.78, 5) is 10.9. The van der Waals surface area contributed by atoms with Gasteiger partial charge in [-0.2, -0.15) is 0 Å². The second-order valence-corrected chi connectivity index (χ2v) is 3.56. The highest BCUT2D eigenvalue weighted by Crippen LogP contribution is 2.19. The summed E-state index contributed by atoms with van der Waals surface area (Å²) >= 11 is 0. The summed E-state index contributed by atoms with van der Waals surface area (Å²) in [6, 6.07) is 0. The molecule has 1 amide bonds. The molecule has 0 heterocycles. The second-order valence-electron chi connectivity index (χ2n) is 3.56. The van der Waals surface area contributed by atoms with E-state index in [1.54, 1.807) is 0 Å². The summed E-state index contributed by atoms with van der Waals surface area (Å²) in [5.74, 6) is 0.163. The molecule has 74 valence electrons. The summed E-state index contributed by atoms with van der Waals surface area (Å²) in [7, 11) is 0. The minimum Gasteiger partial charge on any atom is -0.356 e. The molecule has 0 aromatic rings. The van der Waals surface area contributed by atoms with E-state index in [-0.39, 0.29) is 5.91 Å². The number of carbonyl (C=O) groups is 1. The summed E-state index contributed by atoms with van der Waals surface area (Å²) in [6.07, 6.45) is 9.11. The van der Waals surface area contributed by atoms with E-state index >= 15 is 0 Å². The van der Waals surface area contributed by atoms with E-state index < -0.39 is 0 Å². The van der Waals surface area contributed by atoms with Crippen LogP contribution < -0.4 is 5.32 Å². The van der Waals surface area contributed by atoms with Crippen molar-refractivity contribution < 1.29 is 4.79 Å². The SMILES string of the molecule is CCC(=O)NCCC1=CCCCC1. The van der Waals surface area contributed by atoms with Crippen LogP contribution in [0.25, 0.3) is 0 Å². The van der Waals surface area contributed by atoms with Crippen molar-refractivity contribution in [3.05, 3.63) is 11.6 Å². The Kier molecular flexibility index (Phi) is 4.58. The molecule has 0 fully saturated rings. The van der Waals surface area contributed by atoms with Gasteiger partial charge in [-0.1, -0.05) is 18.6 Å². The topological polar surface area (TPSA) is 29.1 Å². The number of allylic oxidation sites excluding steroid dienone is 1. The van der Waals surface area contributed by atoms with Crippen molar-refractivity contribution in [1.82, 2.24) is 5.32 Å². The summed E-state index contributed by atoms with van der Waals surface area (Å²) < 4.78 is 0. The third kappa shape index (κ3) is 4.11. The van der Waals surface area contributed by atoms with Gasteiger partial charge in [-0.25, -0.2) is 0 Å². The second kappa shape index (κ2) is 5.79. The molecule has 13 heavy (non-hydrogen) atoms. The van der Waals surface area contributed by atoms with Crippen LogP contribution in [0.15, 0.2) is 11.6 Å². The highest BCUT2D eigenvalue weighted by Gasteiger charge is 2.03. The number of hydrogen-bond acceptors (Lipinski definition) is 1. The Labute approximate surface area is 80.4 Å². The van der Waals surface area contributed by atoms with Crippen LogP contribution in [-0.4, -0.2) is 12.5 Å². The van der Waals surface area contributed by atoms with Crippen molar-refractivity contribution in [2.24, 2.45) is 0 Å². The standard InChI is InChI=1S/C11H19NO/c1-2-11(13)12-9-8-10-6-4-3-5-7-10/h6H,2-5,7-9H2,1H3,(H,12,13). The molecule has 0 aromatic carbocycles. The molecule has 1 aliphatic carbocycles. The molecule has 0 unspecified atom stereocenters. The number of nitrogens with one attached hydrogen (secondary N) is 1. The lowest BCUT2D eigenvalue weighted by Crippen LogP contribution is -2.23. The quantitative estimate of drug-likeness (QED) is 0.663. The van der Waals surface area contributed by atoms with Crippen LogP contribution >= 0.6 is 0 Å². The third-order valence-electron chi connectivity index (χ3n) is 2.47. The van der Waals surface area contributed by atoms with E-state index in [4.69, 9.17) is 0 Å². The minimum atomic E-state index is 0.163. The van der Waals surface area contributed by atoms with Crippen molar-refractivity contribution in [3.63, 3.8) is 0 Å². The van der Waals surface area contributed by atoms with Crippen LogP contribution in [0.3, 0.4) is 0 Å². The van der Waals surface area contributed by atoms with E-state index in [1.165, 1.54) is 31.3 Å². The van der Waals surface area contributed by atoms with Gasteiger partial charge in [0.1, 0.15) is 0 Å². The molecule has 1 aliphatic rings. The van der Waals surface area contributed by atoms with E-state index in [0.717, 1.165) is 13.0 Å². The Morgan fingerprint density at radius 1 is 1.54 bits per heavy atom. The molecule has 0 aliphatic heterocycles. The minimum absolute atomic E-state index is 0.163. The predicted molar refractivity (Wildman–Crippen MR) is 54.5 cm³/mol. The zero-order valence-electron chi connectivity index (χ0n) is 8.44. The zero-order chi connectivity index (χ0) is 9.52. The van der Waals surface area contributed by atoms with E-state index in [0.29, 0.717) is 6.42 Å². The van der Waals surface area contributed by atoms with Crippen LogP contribution in [0, 0.1) is 0 Å². The molecule has 1 N–H and O–H groups in total. The van der Waals surface area contributed by atoms with Crippen LogP contribution in [0.2, 0.25) is 0 Å². The maximum Gasteiger partial charge on any atom is 0.219 e. The van der Waals surface area contributed by atoms with Gasteiger partial charge in [-0.15, -0.1) is 0 Å². The first kappa shape index (κ1) is 10.3. The lowest BCUT2D eigenvalue weighted by molar-refractivity contribution is -0.120. The summed E-state index contributed by atoms with van der Waals surface area (Å²) in [5.41, 5.74) is 1.53. The number of amides is 1. The van der Waals surface area contributed by atoms with Gasteiger partial charge >= 0.3 is 0 Å². The molecule has 0 aromatic heterocycles. The molecule has 0 bridgehead atoms. The number of rotatable bonds is 4. The molecule has 0 saturated carbocycles. The highest BCUT2D eigenvalue weighted by atomic mass is 16.1. The van der Waals surface area contributed by atoms with Crippen molar-refractivity contribution in [3.8, 4) is 0 Å². The van der Waals surface area contributed by atoms with Gasteiger partial charge in [-0.3, -0.25) is 4.79 Å². The maximum atomic E-state index is 10.9. The summed E-state index contributed by atoms with van der Waals surface area (Å²) in [5, 5.41) is 2.90. The Bertz CT molecular complexity index is 196. The zero-order valence-corrected chi connectivity index (χ0v) is 8.44. The summed E-state index contributed by atoms with van der Waals surface area (Å²) in [6.45, 7) is 2.70. The Morgan fingerprint density at radius 2 is 2.38 bits per heavy atom. The van der Waals surface area contributed by atoms with Crippen molar-refractivity contribution in [2.75, 3.05) is 6.54 Å². The molecule has 0 spiro atoms. The predicted octanol–water partition coefficient (Wildman–Crippen LogP) is 2.40. The average molecular weight is 181 g/mol. The Morgan fingerprint density at radius 3 is 3.00 bits per heavy atom. The fraction of sp³-hybridized carbons (Fsp3) is 0.727. The number of carbonyl (C=O) groups excluding carboxylic acids is 1. The van der Waals surface area contributed by atoms with Crippen LogP contribution in [0.4, 0.5) is 0 Å². The monoisotopic (exact) mass is 181 g/mol. The lowest BCUT2D eigenvalue weighted by atomic mass is 9.97. The lowest BCUT2D eigenvalue weighted by Gasteiger charge is -2.12. The van der Waals surface area contributed by atoms with Gasteiger partial charge < -0.3 is 5.32 Å². The molecular formula is C11H19NO. The molecule has 0 radical (unpaired) electrons. The van der Waals surface area contributed by atoms with E-state index in [9.17, 15) is 4.79 Å². The van der Waals surface area contributed by atoms with Gasteiger partial charge in [0.15, 0.2) is 0 Å². The van der Waals surface area contributed by atoms with Gasteiger partial charge in [0.2, 0.25) is 5.91 Å². The maximum absolute atomic E-state index is 10.9. The highest BCUT2D eigenvalue weighted by molar-refractivity contribution is 5.75. The molecule has 2 heteroatoms. The first-order valence-electron chi connectivity index (χ1n) is 5.27. The molecule has 1 rings (SSSR count). The van der Waals surface area contributed by atoms with E-state index in [1.807, 2.05) is 6.92 Å². The van der Waals surface area contributed by atoms with Crippen molar-refractivity contribution in [2.45, 2.75) is 45.4 Å². The number of hydrogen-bond donors (Lipinski definition) is 1. The van der Waals surface area contributed by atoms with E-state index in [2.05, 4.69) is 11.4 Å². The molecule has 2 nitrogen and oxygen atoms in total. The van der Waals surface area contributed by atoms with Crippen molar-refractivity contribution >= 4 is 5.91 Å². The first-order valence-corrected chi connectivity index (χ1v) is 5.27. The largest absolute Gasteiger partial charge is 0.356 e. The van der Waals surface area contributed by atoms with Gasteiger partial charge in [0.05, 0.1) is 0 Å². The van der Waals surface area contributed by atoms with Crippen LogP contribution in [-0.2, 0) is 4.79 Å². The Balaban J connectivity index is 2.11. The Hall–Kier alpha value is -0.790. The molecule has 0 saturated heterocycles. The first-order chi connectivity index (χ1) is 6.33. The van der Waals surface area contributed by atoms with Crippen LogP contribution in [0.5, 0.6) is 0 Å².